The smallest absolute Gasteiger partial charge is 0.151 e. The van der Waals surface area contributed by atoms with Crippen molar-refractivity contribution in [2.75, 3.05) is 37.7 Å². The largest absolute Gasteiger partial charge is 0.301 e. The van der Waals surface area contributed by atoms with Gasteiger partial charge < -0.3 is 5.32 Å². The van der Waals surface area contributed by atoms with Gasteiger partial charge >= 0.3 is 0 Å². The molecule has 1 aliphatic heterocycles. The molecule has 1 atom stereocenters. The molecule has 98 valence electrons. The lowest BCUT2D eigenvalue weighted by molar-refractivity contribution is 0.276. The normalized spacial score (nSPS) is 22.6. The predicted molar refractivity (Wildman–Crippen MR) is 67.4 cm³/mol. The molecule has 0 bridgehead atoms. The Kier molecular flexibility index (Phi) is 5.89. The summed E-state index contributed by atoms with van der Waals surface area (Å²) in [5, 5.41) is 12.2. The molecule has 1 fully saturated rings. The Morgan fingerprint density at radius 1 is 1.41 bits per heavy atom. The number of nitrogens with one attached hydrogen (secondary N) is 1. The first-order chi connectivity index (χ1) is 8.07. The average Bonchev–Trinajstić information content (AvgIpc) is 2.46. The van der Waals surface area contributed by atoms with Crippen molar-refractivity contribution in [2.45, 2.75) is 25.8 Å². The van der Waals surface area contributed by atoms with Crippen molar-refractivity contribution in [2.24, 2.45) is 0 Å². The molecule has 1 heterocycles. The highest BCUT2D eigenvalue weighted by Crippen LogP contribution is 2.05. The molecule has 0 amide bonds. The van der Waals surface area contributed by atoms with Gasteiger partial charge in [0.15, 0.2) is 9.84 Å². The van der Waals surface area contributed by atoms with E-state index in [1.807, 2.05) is 0 Å². The molecule has 0 aromatic rings. The van der Waals surface area contributed by atoms with Gasteiger partial charge in [0.05, 0.1) is 17.6 Å². The van der Waals surface area contributed by atoms with Crippen LogP contribution < -0.4 is 5.32 Å². The minimum Gasteiger partial charge on any atom is -0.301 e. The highest BCUT2D eigenvalue weighted by molar-refractivity contribution is 7.91. The van der Waals surface area contributed by atoms with Gasteiger partial charge in [-0.15, -0.1) is 0 Å². The zero-order chi connectivity index (χ0) is 12.7. The van der Waals surface area contributed by atoms with Crippen molar-refractivity contribution in [3.8, 4) is 6.07 Å². The molecule has 1 aliphatic rings. The summed E-state index contributed by atoms with van der Waals surface area (Å²) in [6.45, 7) is 4.82. The van der Waals surface area contributed by atoms with E-state index in [1.54, 1.807) is 0 Å². The molecule has 0 aliphatic carbocycles. The Hall–Kier alpha value is -0.640. The fourth-order valence-corrected chi connectivity index (χ4v) is 3.21. The Morgan fingerprint density at radius 3 is 2.82 bits per heavy atom. The van der Waals surface area contributed by atoms with Crippen LogP contribution in [0.4, 0.5) is 0 Å². The van der Waals surface area contributed by atoms with E-state index in [0.717, 1.165) is 19.5 Å². The van der Waals surface area contributed by atoms with Gasteiger partial charge in [0.1, 0.15) is 6.04 Å². The molecule has 6 heteroatoms. The Morgan fingerprint density at radius 2 is 2.18 bits per heavy atom. The molecular formula is C11H21N3O2S. The minimum absolute atomic E-state index is 0.198. The van der Waals surface area contributed by atoms with Gasteiger partial charge in [-0.05, 0) is 25.9 Å². The van der Waals surface area contributed by atoms with Gasteiger partial charge in [-0.2, -0.15) is 5.26 Å². The highest BCUT2D eigenvalue weighted by Gasteiger charge is 2.21. The highest BCUT2D eigenvalue weighted by atomic mass is 32.2. The van der Waals surface area contributed by atoms with E-state index in [2.05, 4.69) is 23.2 Å². The van der Waals surface area contributed by atoms with E-state index in [-0.39, 0.29) is 17.5 Å². The van der Waals surface area contributed by atoms with Crippen molar-refractivity contribution in [3.05, 3.63) is 0 Å². The van der Waals surface area contributed by atoms with Crippen molar-refractivity contribution >= 4 is 9.84 Å². The van der Waals surface area contributed by atoms with Crippen LogP contribution in [0.1, 0.15) is 19.8 Å². The average molecular weight is 259 g/mol. The fourth-order valence-electron chi connectivity index (χ4n) is 1.90. The number of sulfone groups is 1. The molecule has 17 heavy (non-hydrogen) atoms. The summed E-state index contributed by atoms with van der Waals surface area (Å²) < 4.78 is 22.9. The van der Waals surface area contributed by atoms with Gasteiger partial charge in [0.25, 0.3) is 0 Å². The summed E-state index contributed by atoms with van der Waals surface area (Å²) >= 11 is 0. The number of nitrogens with zero attached hydrogens (tertiary/aromatic N) is 2. The maximum absolute atomic E-state index is 11.4. The molecule has 1 rings (SSSR count). The molecule has 0 spiro atoms. The van der Waals surface area contributed by atoms with Crippen molar-refractivity contribution in [1.29, 1.82) is 5.26 Å². The van der Waals surface area contributed by atoms with Crippen LogP contribution in [-0.2, 0) is 9.84 Å². The summed E-state index contributed by atoms with van der Waals surface area (Å²) in [6, 6.07) is 2.02. The first-order valence-corrected chi connectivity index (χ1v) is 7.95. The van der Waals surface area contributed by atoms with Crippen molar-refractivity contribution < 1.29 is 8.42 Å². The van der Waals surface area contributed by atoms with Gasteiger partial charge in [0, 0.05) is 13.1 Å². The Balaban J connectivity index is 2.43. The van der Waals surface area contributed by atoms with Crippen LogP contribution in [0, 0.1) is 11.3 Å². The second kappa shape index (κ2) is 6.94. The standard InChI is InChI=1S/C11H21N3O2S/c1-2-4-13-11(9-12)10-14-5-3-7-17(15,16)8-6-14/h11,13H,2-8,10H2,1H3. The Bertz CT molecular complexity index is 361. The van der Waals surface area contributed by atoms with Crippen molar-refractivity contribution in [3.63, 3.8) is 0 Å². The van der Waals surface area contributed by atoms with Crippen LogP contribution >= 0.6 is 0 Å². The zero-order valence-electron chi connectivity index (χ0n) is 10.4. The topological polar surface area (TPSA) is 73.2 Å². The van der Waals surface area contributed by atoms with Gasteiger partial charge in [-0.1, -0.05) is 6.92 Å². The van der Waals surface area contributed by atoms with Crippen LogP contribution in [-0.4, -0.2) is 57.0 Å². The molecule has 1 N–H and O–H groups in total. The molecule has 0 saturated carbocycles. The van der Waals surface area contributed by atoms with Crippen LogP contribution in [0.25, 0.3) is 0 Å². The molecule has 5 nitrogen and oxygen atoms in total. The second-order valence-electron chi connectivity index (χ2n) is 4.44. The quantitative estimate of drug-likeness (QED) is 0.752. The number of hydrogen-bond donors (Lipinski definition) is 1. The van der Waals surface area contributed by atoms with E-state index >= 15 is 0 Å². The molecule has 0 aromatic heterocycles. The van der Waals surface area contributed by atoms with E-state index in [9.17, 15) is 8.42 Å². The number of rotatable bonds is 5. The lowest BCUT2D eigenvalue weighted by Gasteiger charge is -2.22. The summed E-state index contributed by atoms with van der Waals surface area (Å²) in [5.74, 6) is 0.502. The van der Waals surface area contributed by atoms with Crippen LogP contribution in [0.3, 0.4) is 0 Å². The molecule has 0 radical (unpaired) electrons. The first kappa shape index (κ1) is 14.4. The molecule has 0 aromatic carbocycles. The summed E-state index contributed by atoms with van der Waals surface area (Å²) in [5.41, 5.74) is 0. The third-order valence-corrected chi connectivity index (χ3v) is 4.60. The van der Waals surface area contributed by atoms with E-state index in [0.29, 0.717) is 19.5 Å². The van der Waals surface area contributed by atoms with E-state index in [1.165, 1.54) is 0 Å². The maximum Gasteiger partial charge on any atom is 0.151 e. The van der Waals surface area contributed by atoms with E-state index in [4.69, 9.17) is 5.26 Å². The van der Waals surface area contributed by atoms with Crippen LogP contribution in [0.5, 0.6) is 0 Å². The third kappa shape index (κ3) is 5.48. The molecule has 1 saturated heterocycles. The zero-order valence-corrected chi connectivity index (χ0v) is 11.2. The molecule has 1 unspecified atom stereocenters. The Labute approximate surface area is 104 Å². The summed E-state index contributed by atoms with van der Waals surface area (Å²) in [4.78, 5) is 2.07. The third-order valence-electron chi connectivity index (χ3n) is 2.89. The minimum atomic E-state index is -2.86. The SMILES string of the molecule is CCCNC(C#N)CN1CCCS(=O)(=O)CC1. The van der Waals surface area contributed by atoms with Crippen LogP contribution in [0.15, 0.2) is 0 Å². The van der Waals surface area contributed by atoms with Gasteiger partial charge in [0.2, 0.25) is 0 Å². The second-order valence-corrected chi connectivity index (χ2v) is 6.75. The predicted octanol–water partition coefficient (Wildman–Crippen LogP) is -0.00132. The lowest BCUT2D eigenvalue weighted by Crippen LogP contribution is -2.41. The fraction of sp³-hybridized carbons (Fsp3) is 0.909. The summed E-state index contributed by atoms with van der Waals surface area (Å²) in [6.07, 6.45) is 1.67. The van der Waals surface area contributed by atoms with Crippen LogP contribution in [0.2, 0.25) is 0 Å². The van der Waals surface area contributed by atoms with Crippen molar-refractivity contribution in [1.82, 2.24) is 10.2 Å². The first-order valence-electron chi connectivity index (χ1n) is 6.13. The lowest BCUT2D eigenvalue weighted by atomic mass is 10.2. The number of nitriles is 1. The van der Waals surface area contributed by atoms with Gasteiger partial charge in [-0.3, -0.25) is 4.90 Å². The van der Waals surface area contributed by atoms with E-state index < -0.39 is 9.84 Å². The monoisotopic (exact) mass is 259 g/mol. The maximum atomic E-state index is 11.4. The molecular weight excluding hydrogens is 238 g/mol. The van der Waals surface area contributed by atoms with Gasteiger partial charge in [-0.25, -0.2) is 8.42 Å². The summed E-state index contributed by atoms with van der Waals surface area (Å²) in [7, 11) is -2.86. The number of hydrogen-bond acceptors (Lipinski definition) is 5.